The van der Waals surface area contributed by atoms with Crippen LogP contribution < -0.4 is 15.4 Å². The lowest BCUT2D eigenvalue weighted by Gasteiger charge is -2.34. The molecule has 2 N–H and O–H groups in total. The van der Waals surface area contributed by atoms with Crippen LogP contribution in [0.4, 0.5) is 5.69 Å². The van der Waals surface area contributed by atoms with E-state index in [0.717, 1.165) is 30.3 Å². The molecule has 0 radical (unpaired) electrons. The van der Waals surface area contributed by atoms with Gasteiger partial charge < -0.3 is 20.1 Å². The van der Waals surface area contributed by atoms with Crippen LogP contribution >= 0.6 is 0 Å². The highest BCUT2D eigenvalue weighted by Crippen LogP contribution is 2.26. The lowest BCUT2D eigenvalue weighted by Crippen LogP contribution is -2.51. The molecule has 1 saturated heterocycles. The van der Waals surface area contributed by atoms with Gasteiger partial charge >= 0.3 is 0 Å². The van der Waals surface area contributed by atoms with E-state index in [2.05, 4.69) is 10.6 Å². The fraction of sp³-hybridized carbons (Fsp3) is 0.350. The molecule has 1 aliphatic rings. The Kier molecular flexibility index (Phi) is 5.36. The lowest BCUT2D eigenvalue weighted by atomic mass is 9.91. The highest BCUT2D eigenvalue weighted by Gasteiger charge is 2.39. The summed E-state index contributed by atoms with van der Waals surface area (Å²) in [5, 5.41) is 6.20. The molecule has 0 aromatic heterocycles. The largest absolute Gasteiger partial charge is 0.457 e. The SMILES string of the molecule is COC1(C(=O)Nc2ccc(Oc3ccc(C)cc3)cc2)CCNCC1. The second kappa shape index (κ2) is 7.68. The molecule has 1 amide bonds. The first kappa shape index (κ1) is 17.5. The van der Waals surface area contributed by atoms with Crippen molar-refractivity contribution in [1.29, 1.82) is 0 Å². The average Bonchev–Trinajstić information content (AvgIpc) is 2.65. The normalized spacial score (nSPS) is 16.2. The number of piperidine rings is 1. The fourth-order valence-electron chi connectivity index (χ4n) is 2.95. The Morgan fingerprint density at radius 3 is 2.12 bits per heavy atom. The van der Waals surface area contributed by atoms with Crippen LogP contribution in [-0.2, 0) is 9.53 Å². The molecule has 1 aliphatic heterocycles. The summed E-state index contributed by atoms with van der Waals surface area (Å²) in [6, 6.07) is 15.3. The van der Waals surface area contributed by atoms with Gasteiger partial charge in [-0.3, -0.25) is 4.79 Å². The minimum absolute atomic E-state index is 0.0938. The van der Waals surface area contributed by atoms with Crippen LogP contribution in [0.25, 0.3) is 0 Å². The number of carbonyl (C=O) groups excluding carboxylic acids is 1. The second-order valence-electron chi connectivity index (χ2n) is 6.34. The van der Waals surface area contributed by atoms with E-state index in [1.807, 2.05) is 55.5 Å². The zero-order chi connectivity index (χ0) is 17.7. The smallest absolute Gasteiger partial charge is 0.256 e. The van der Waals surface area contributed by atoms with Crippen LogP contribution in [0.2, 0.25) is 0 Å². The third kappa shape index (κ3) is 4.18. The molecule has 2 aromatic carbocycles. The van der Waals surface area contributed by atoms with Gasteiger partial charge in [0.05, 0.1) is 0 Å². The van der Waals surface area contributed by atoms with E-state index in [-0.39, 0.29) is 5.91 Å². The molecular weight excluding hydrogens is 316 g/mol. The summed E-state index contributed by atoms with van der Waals surface area (Å²) >= 11 is 0. The zero-order valence-electron chi connectivity index (χ0n) is 14.7. The van der Waals surface area contributed by atoms with Gasteiger partial charge in [0, 0.05) is 12.8 Å². The van der Waals surface area contributed by atoms with Crippen molar-refractivity contribution in [3.63, 3.8) is 0 Å². The summed E-state index contributed by atoms with van der Waals surface area (Å²) in [6.07, 6.45) is 1.34. The molecule has 1 heterocycles. The predicted molar refractivity (Wildman–Crippen MR) is 98.2 cm³/mol. The van der Waals surface area contributed by atoms with Gasteiger partial charge in [-0.15, -0.1) is 0 Å². The van der Waals surface area contributed by atoms with Gasteiger partial charge in [0.2, 0.25) is 0 Å². The molecule has 2 aromatic rings. The maximum Gasteiger partial charge on any atom is 0.256 e. The van der Waals surface area contributed by atoms with Gasteiger partial charge in [0.15, 0.2) is 0 Å². The Morgan fingerprint density at radius 2 is 1.56 bits per heavy atom. The van der Waals surface area contributed by atoms with E-state index in [0.29, 0.717) is 12.8 Å². The average molecular weight is 340 g/mol. The Bertz CT molecular complexity index is 705. The number of aryl methyl sites for hydroxylation is 1. The Morgan fingerprint density at radius 1 is 1.00 bits per heavy atom. The van der Waals surface area contributed by atoms with E-state index in [1.165, 1.54) is 5.56 Å². The quantitative estimate of drug-likeness (QED) is 0.875. The van der Waals surface area contributed by atoms with Crippen molar-refractivity contribution in [2.45, 2.75) is 25.4 Å². The van der Waals surface area contributed by atoms with E-state index >= 15 is 0 Å². The van der Waals surface area contributed by atoms with Crippen LogP contribution in [0.3, 0.4) is 0 Å². The van der Waals surface area contributed by atoms with Crippen LogP contribution in [0.5, 0.6) is 11.5 Å². The minimum Gasteiger partial charge on any atom is -0.457 e. The molecule has 5 nitrogen and oxygen atoms in total. The van der Waals surface area contributed by atoms with Crippen molar-refractivity contribution in [3.8, 4) is 11.5 Å². The van der Waals surface area contributed by atoms with E-state index in [4.69, 9.17) is 9.47 Å². The van der Waals surface area contributed by atoms with Gasteiger partial charge in [-0.1, -0.05) is 17.7 Å². The molecule has 0 atom stereocenters. The first-order chi connectivity index (χ1) is 12.1. The molecule has 3 rings (SSSR count). The van der Waals surface area contributed by atoms with Gasteiger partial charge in [-0.05, 0) is 69.3 Å². The number of ether oxygens (including phenoxy) is 2. The monoisotopic (exact) mass is 340 g/mol. The highest BCUT2D eigenvalue weighted by atomic mass is 16.5. The zero-order valence-corrected chi connectivity index (χ0v) is 14.7. The fourth-order valence-corrected chi connectivity index (χ4v) is 2.95. The summed E-state index contributed by atoms with van der Waals surface area (Å²) in [5.41, 5.74) is 1.18. The topological polar surface area (TPSA) is 59.6 Å². The number of hydrogen-bond donors (Lipinski definition) is 2. The number of amides is 1. The highest BCUT2D eigenvalue weighted by molar-refractivity contribution is 5.97. The molecule has 132 valence electrons. The number of carbonyl (C=O) groups is 1. The Hall–Kier alpha value is -2.37. The molecule has 0 aliphatic carbocycles. The van der Waals surface area contributed by atoms with E-state index in [9.17, 15) is 4.79 Å². The lowest BCUT2D eigenvalue weighted by molar-refractivity contribution is -0.140. The number of benzene rings is 2. The van der Waals surface area contributed by atoms with Crippen molar-refractivity contribution in [2.75, 3.05) is 25.5 Å². The van der Waals surface area contributed by atoms with Crippen LogP contribution in [0.1, 0.15) is 18.4 Å². The summed E-state index contributed by atoms with van der Waals surface area (Å²) in [5.74, 6) is 1.42. The molecule has 0 saturated carbocycles. The van der Waals surface area contributed by atoms with Crippen LogP contribution in [-0.4, -0.2) is 31.7 Å². The number of nitrogens with one attached hydrogen (secondary N) is 2. The standard InChI is InChI=1S/C20H24N2O3/c1-15-3-7-17(8-4-15)25-18-9-5-16(6-10-18)22-19(23)20(24-2)11-13-21-14-12-20/h3-10,21H,11-14H2,1-2H3,(H,22,23). The second-order valence-corrected chi connectivity index (χ2v) is 6.34. The number of hydrogen-bond acceptors (Lipinski definition) is 4. The molecule has 0 unspecified atom stereocenters. The molecule has 0 spiro atoms. The number of anilines is 1. The maximum absolute atomic E-state index is 12.6. The number of rotatable bonds is 5. The van der Waals surface area contributed by atoms with Gasteiger partial charge in [-0.25, -0.2) is 0 Å². The molecule has 25 heavy (non-hydrogen) atoms. The van der Waals surface area contributed by atoms with Crippen molar-refractivity contribution in [2.24, 2.45) is 0 Å². The van der Waals surface area contributed by atoms with E-state index < -0.39 is 5.60 Å². The maximum atomic E-state index is 12.6. The van der Waals surface area contributed by atoms with E-state index in [1.54, 1.807) is 7.11 Å². The molecule has 1 fully saturated rings. The van der Waals surface area contributed by atoms with Crippen molar-refractivity contribution in [1.82, 2.24) is 5.32 Å². The molecule has 5 heteroatoms. The van der Waals surface area contributed by atoms with Gasteiger partial charge in [0.1, 0.15) is 17.1 Å². The predicted octanol–water partition coefficient (Wildman–Crippen LogP) is 3.49. The first-order valence-electron chi connectivity index (χ1n) is 8.53. The van der Waals surface area contributed by atoms with Gasteiger partial charge in [-0.2, -0.15) is 0 Å². The third-order valence-corrected chi connectivity index (χ3v) is 4.58. The first-order valence-corrected chi connectivity index (χ1v) is 8.53. The molecular formula is C20H24N2O3. The summed E-state index contributed by atoms with van der Waals surface area (Å²) in [4.78, 5) is 12.6. The Labute approximate surface area is 148 Å². The van der Waals surface area contributed by atoms with Crippen molar-refractivity contribution >= 4 is 11.6 Å². The minimum atomic E-state index is -0.748. The van der Waals surface area contributed by atoms with Crippen LogP contribution in [0.15, 0.2) is 48.5 Å². The van der Waals surface area contributed by atoms with Gasteiger partial charge in [0.25, 0.3) is 5.91 Å². The number of methoxy groups -OCH3 is 1. The van der Waals surface area contributed by atoms with Crippen molar-refractivity contribution in [3.05, 3.63) is 54.1 Å². The van der Waals surface area contributed by atoms with Crippen molar-refractivity contribution < 1.29 is 14.3 Å². The van der Waals surface area contributed by atoms with Crippen LogP contribution in [0, 0.1) is 6.92 Å². The summed E-state index contributed by atoms with van der Waals surface area (Å²) in [6.45, 7) is 3.60. The summed E-state index contributed by atoms with van der Waals surface area (Å²) in [7, 11) is 1.60. The Balaban J connectivity index is 1.63. The third-order valence-electron chi connectivity index (χ3n) is 4.58. The molecule has 0 bridgehead atoms. The summed E-state index contributed by atoms with van der Waals surface area (Å²) < 4.78 is 11.4.